The SMILES string of the molecule is NC(c1ccc2c(c1)CCC(=O)N2)c1ccccc1F. The summed E-state index contributed by atoms with van der Waals surface area (Å²) in [6.45, 7) is 0. The van der Waals surface area contributed by atoms with Gasteiger partial charge in [-0.05, 0) is 29.7 Å². The molecule has 3 N–H and O–H groups in total. The number of hydrogen-bond donors (Lipinski definition) is 2. The van der Waals surface area contributed by atoms with Crippen molar-refractivity contribution in [2.45, 2.75) is 18.9 Å². The highest BCUT2D eigenvalue weighted by atomic mass is 19.1. The normalized spacial score (nSPS) is 15.4. The number of hydrogen-bond acceptors (Lipinski definition) is 2. The lowest BCUT2D eigenvalue weighted by molar-refractivity contribution is -0.116. The predicted octanol–water partition coefficient (Wildman–Crippen LogP) is 2.76. The zero-order chi connectivity index (χ0) is 14.1. The molecule has 0 bridgehead atoms. The molecule has 1 aliphatic rings. The fraction of sp³-hybridized carbons (Fsp3) is 0.188. The summed E-state index contributed by atoms with van der Waals surface area (Å²) in [5.41, 5.74) is 9.36. The van der Waals surface area contributed by atoms with E-state index in [-0.39, 0.29) is 11.7 Å². The molecule has 3 nitrogen and oxygen atoms in total. The van der Waals surface area contributed by atoms with Crippen LogP contribution in [0.1, 0.15) is 29.2 Å². The number of rotatable bonds is 2. The van der Waals surface area contributed by atoms with Gasteiger partial charge >= 0.3 is 0 Å². The van der Waals surface area contributed by atoms with E-state index < -0.39 is 6.04 Å². The Labute approximate surface area is 116 Å². The summed E-state index contributed by atoms with van der Waals surface area (Å²) in [5.74, 6) is -0.269. The van der Waals surface area contributed by atoms with Gasteiger partial charge in [0, 0.05) is 17.7 Å². The first-order valence-corrected chi connectivity index (χ1v) is 6.58. The summed E-state index contributed by atoms with van der Waals surface area (Å²) in [5, 5.41) is 2.82. The Bertz CT molecular complexity index is 669. The highest BCUT2D eigenvalue weighted by Gasteiger charge is 2.18. The fourth-order valence-corrected chi connectivity index (χ4v) is 2.50. The molecule has 0 saturated carbocycles. The van der Waals surface area contributed by atoms with E-state index in [4.69, 9.17) is 5.73 Å². The van der Waals surface area contributed by atoms with Crippen molar-refractivity contribution >= 4 is 11.6 Å². The number of nitrogens with one attached hydrogen (secondary N) is 1. The van der Waals surface area contributed by atoms with Gasteiger partial charge in [-0.25, -0.2) is 4.39 Å². The Hall–Kier alpha value is -2.20. The highest BCUT2D eigenvalue weighted by Crippen LogP contribution is 2.28. The van der Waals surface area contributed by atoms with Crippen molar-refractivity contribution in [3.05, 3.63) is 65.0 Å². The average Bonchev–Trinajstić information content (AvgIpc) is 2.46. The van der Waals surface area contributed by atoms with Gasteiger partial charge in [-0.1, -0.05) is 30.3 Å². The average molecular weight is 270 g/mol. The maximum atomic E-state index is 13.8. The molecule has 1 amide bonds. The zero-order valence-corrected chi connectivity index (χ0v) is 10.9. The number of nitrogens with two attached hydrogens (primary N) is 1. The van der Waals surface area contributed by atoms with Crippen LogP contribution in [0, 0.1) is 5.82 Å². The van der Waals surface area contributed by atoms with E-state index in [9.17, 15) is 9.18 Å². The van der Waals surface area contributed by atoms with Crippen LogP contribution in [0.2, 0.25) is 0 Å². The van der Waals surface area contributed by atoms with E-state index >= 15 is 0 Å². The van der Waals surface area contributed by atoms with Gasteiger partial charge in [0.15, 0.2) is 0 Å². The van der Waals surface area contributed by atoms with Crippen LogP contribution in [-0.4, -0.2) is 5.91 Å². The Kier molecular flexibility index (Phi) is 3.24. The lowest BCUT2D eigenvalue weighted by Gasteiger charge is -2.20. The molecular weight excluding hydrogens is 255 g/mol. The number of carbonyl (C=O) groups excluding carboxylic acids is 1. The van der Waals surface area contributed by atoms with Crippen LogP contribution in [0.15, 0.2) is 42.5 Å². The fourth-order valence-electron chi connectivity index (χ4n) is 2.50. The number of halogens is 1. The summed E-state index contributed by atoms with van der Waals surface area (Å²) >= 11 is 0. The Balaban J connectivity index is 1.95. The summed E-state index contributed by atoms with van der Waals surface area (Å²) in [6.07, 6.45) is 1.17. The first kappa shape index (κ1) is 12.8. The van der Waals surface area contributed by atoms with E-state index in [1.165, 1.54) is 6.07 Å². The second kappa shape index (κ2) is 5.06. The van der Waals surface area contributed by atoms with Crippen LogP contribution >= 0.6 is 0 Å². The van der Waals surface area contributed by atoms with Crippen LogP contribution in [0.4, 0.5) is 10.1 Å². The van der Waals surface area contributed by atoms with Gasteiger partial charge in [-0.3, -0.25) is 4.79 Å². The maximum Gasteiger partial charge on any atom is 0.224 e. The van der Waals surface area contributed by atoms with Gasteiger partial charge in [-0.2, -0.15) is 0 Å². The molecule has 0 aromatic heterocycles. The zero-order valence-electron chi connectivity index (χ0n) is 10.9. The summed E-state index contributed by atoms with van der Waals surface area (Å²) < 4.78 is 13.8. The van der Waals surface area contributed by atoms with Crippen LogP contribution < -0.4 is 11.1 Å². The number of amides is 1. The molecule has 3 rings (SSSR count). The molecular formula is C16H15FN2O. The smallest absolute Gasteiger partial charge is 0.224 e. The van der Waals surface area contributed by atoms with Gasteiger partial charge in [-0.15, -0.1) is 0 Å². The lowest BCUT2D eigenvalue weighted by Crippen LogP contribution is -2.20. The van der Waals surface area contributed by atoms with Crippen molar-refractivity contribution in [1.82, 2.24) is 0 Å². The quantitative estimate of drug-likeness (QED) is 0.881. The predicted molar refractivity (Wildman–Crippen MR) is 75.8 cm³/mol. The molecule has 1 unspecified atom stereocenters. The molecule has 1 aliphatic heterocycles. The molecule has 0 aliphatic carbocycles. The third-order valence-corrected chi connectivity index (χ3v) is 3.62. The molecule has 2 aromatic carbocycles. The summed E-state index contributed by atoms with van der Waals surface area (Å²) in [6, 6.07) is 11.6. The van der Waals surface area contributed by atoms with E-state index in [0.717, 1.165) is 16.8 Å². The van der Waals surface area contributed by atoms with Gasteiger partial charge in [0.05, 0.1) is 6.04 Å². The second-order valence-electron chi connectivity index (χ2n) is 4.96. The second-order valence-corrected chi connectivity index (χ2v) is 4.96. The number of carbonyl (C=O) groups is 1. The molecule has 20 heavy (non-hydrogen) atoms. The van der Waals surface area contributed by atoms with Crippen LogP contribution in [0.25, 0.3) is 0 Å². The van der Waals surface area contributed by atoms with E-state index in [1.807, 2.05) is 18.2 Å². The van der Waals surface area contributed by atoms with E-state index in [1.54, 1.807) is 18.2 Å². The molecule has 2 aromatic rings. The van der Waals surface area contributed by atoms with Crippen LogP contribution in [0.5, 0.6) is 0 Å². The van der Waals surface area contributed by atoms with Crippen molar-refractivity contribution in [3.8, 4) is 0 Å². The van der Waals surface area contributed by atoms with Gasteiger partial charge < -0.3 is 11.1 Å². The minimum absolute atomic E-state index is 0.0312. The Morgan fingerprint density at radius 2 is 1.95 bits per heavy atom. The first-order valence-electron chi connectivity index (χ1n) is 6.58. The molecule has 0 radical (unpaired) electrons. The third-order valence-electron chi connectivity index (χ3n) is 3.62. The van der Waals surface area contributed by atoms with E-state index in [2.05, 4.69) is 5.32 Å². The standard InChI is InChI=1S/C16H15FN2O/c17-13-4-2-1-3-12(13)16(18)11-5-7-14-10(9-11)6-8-15(20)19-14/h1-5,7,9,16H,6,8,18H2,(H,19,20). The molecule has 0 fully saturated rings. The minimum Gasteiger partial charge on any atom is -0.326 e. The maximum absolute atomic E-state index is 13.8. The first-order chi connectivity index (χ1) is 9.65. The number of anilines is 1. The number of aryl methyl sites for hydroxylation is 1. The third kappa shape index (κ3) is 2.30. The largest absolute Gasteiger partial charge is 0.326 e. The molecule has 4 heteroatoms. The van der Waals surface area contributed by atoms with Gasteiger partial charge in [0.25, 0.3) is 0 Å². The molecule has 0 saturated heterocycles. The van der Waals surface area contributed by atoms with Crippen molar-refractivity contribution < 1.29 is 9.18 Å². The van der Waals surface area contributed by atoms with Crippen molar-refractivity contribution in [2.24, 2.45) is 5.73 Å². The topological polar surface area (TPSA) is 55.1 Å². The van der Waals surface area contributed by atoms with Crippen LogP contribution in [0.3, 0.4) is 0 Å². The van der Waals surface area contributed by atoms with Gasteiger partial charge in [0.2, 0.25) is 5.91 Å². The summed E-state index contributed by atoms with van der Waals surface area (Å²) in [4.78, 5) is 11.3. The summed E-state index contributed by atoms with van der Waals surface area (Å²) in [7, 11) is 0. The Morgan fingerprint density at radius 3 is 2.75 bits per heavy atom. The Morgan fingerprint density at radius 1 is 1.15 bits per heavy atom. The molecule has 0 spiro atoms. The van der Waals surface area contributed by atoms with Crippen molar-refractivity contribution in [3.63, 3.8) is 0 Å². The van der Waals surface area contributed by atoms with E-state index in [0.29, 0.717) is 18.4 Å². The van der Waals surface area contributed by atoms with Crippen LogP contribution in [-0.2, 0) is 11.2 Å². The monoisotopic (exact) mass is 270 g/mol. The molecule has 1 atom stereocenters. The molecule has 1 heterocycles. The highest BCUT2D eigenvalue weighted by molar-refractivity contribution is 5.93. The number of fused-ring (bicyclic) bond motifs is 1. The van der Waals surface area contributed by atoms with Gasteiger partial charge in [0.1, 0.15) is 5.82 Å². The van der Waals surface area contributed by atoms with Crippen molar-refractivity contribution in [2.75, 3.05) is 5.32 Å². The lowest BCUT2D eigenvalue weighted by atomic mass is 9.94. The number of benzene rings is 2. The van der Waals surface area contributed by atoms with Crippen molar-refractivity contribution in [1.29, 1.82) is 0 Å². The minimum atomic E-state index is -0.501. The molecule has 102 valence electrons.